The lowest BCUT2D eigenvalue weighted by atomic mass is 10.1. The van der Waals surface area contributed by atoms with Crippen molar-refractivity contribution in [3.63, 3.8) is 0 Å². The van der Waals surface area contributed by atoms with E-state index in [1.165, 1.54) is 7.11 Å². The van der Waals surface area contributed by atoms with Gasteiger partial charge in [0.15, 0.2) is 0 Å². The molecular weight excluding hydrogens is 304 g/mol. The van der Waals surface area contributed by atoms with Gasteiger partial charge in [-0.25, -0.2) is 9.78 Å². The van der Waals surface area contributed by atoms with Crippen molar-refractivity contribution in [2.24, 2.45) is 0 Å². The summed E-state index contributed by atoms with van der Waals surface area (Å²) in [5.74, 6) is -0.622. The summed E-state index contributed by atoms with van der Waals surface area (Å²) < 4.78 is 4.65. The van der Waals surface area contributed by atoms with Gasteiger partial charge in [0.2, 0.25) is 0 Å². The van der Waals surface area contributed by atoms with Gasteiger partial charge in [-0.05, 0) is 29.8 Å². The molecule has 0 atom stereocenters. The molecule has 1 aromatic heterocycles. The highest BCUT2D eigenvalue weighted by Gasteiger charge is 2.09. The van der Waals surface area contributed by atoms with Crippen LogP contribution in [0.4, 0.5) is 0 Å². The van der Waals surface area contributed by atoms with Gasteiger partial charge in [-0.2, -0.15) is 0 Å². The zero-order chi connectivity index (χ0) is 16.9. The molecule has 0 aliphatic carbocycles. The van der Waals surface area contributed by atoms with Crippen LogP contribution < -0.4 is 5.32 Å². The van der Waals surface area contributed by atoms with E-state index in [1.54, 1.807) is 30.3 Å². The number of rotatable bonds is 4. The first kappa shape index (κ1) is 15.7. The maximum atomic E-state index is 12.2. The Bertz CT molecular complexity index is 889. The van der Waals surface area contributed by atoms with Crippen molar-refractivity contribution < 1.29 is 14.3 Å². The maximum Gasteiger partial charge on any atom is 0.337 e. The Morgan fingerprint density at radius 1 is 1.00 bits per heavy atom. The Hall–Kier alpha value is -3.21. The number of para-hydroxylation sites is 1. The molecule has 0 aliphatic rings. The molecule has 0 aliphatic heterocycles. The van der Waals surface area contributed by atoms with Gasteiger partial charge in [0.05, 0.1) is 18.2 Å². The van der Waals surface area contributed by atoms with Crippen molar-refractivity contribution in [1.29, 1.82) is 0 Å². The number of esters is 1. The first-order valence-corrected chi connectivity index (χ1v) is 7.48. The molecule has 1 amide bonds. The van der Waals surface area contributed by atoms with E-state index < -0.39 is 0 Å². The number of nitrogens with zero attached hydrogens (tertiary/aromatic N) is 1. The second kappa shape index (κ2) is 6.91. The normalized spacial score (nSPS) is 10.4. The first-order valence-electron chi connectivity index (χ1n) is 7.48. The second-order valence-electron chi connectivity index (χ2n) is 5.26. The summed E-state index contributed by atoms with van der Waals surface area (Å²) in [5.41, 5.74) is 2.52. The number of carbonyl (C=O) groups excluding carboxylic acids is 2. The van der Waals surface area contributed by atoms with Crippen molar-refractivity contribution in [2.45, 2.75) is 6.54 Å². The van der Waals surface area contributed by atoms with Crippen LogP contribution in [0, 0.1) is 0 Å². The molecule has 1 N–H and O–H groups in total. The van der Waals surface area contributed by atoms with Gasteiger partial charge in [-0.15, -0.1) is 0 Å². The van der Waals surface area contributed by atoms with E-state index in [2.05, 4.69) is 15.0 Å². The van der Waals surface area contributed by atoms with E-state index in [4.69, 9.17) is 0 Å². The maximum absolute atomic E-state index is 12.2. The number of ether oxygens (including phenoxy) is 1. The van der Waals surface area contributed by atoms with Gasteiger partial charge < -0.3 is 10.1 Å². The fraction of sp³-hybridized carbons (Fsp3) is 0.105. The third kappa shape index (κ3) is 3.41. The molecule has 0 unspecified atom stereocenters. The minimum Gasteiger partial charge on any atom is -0.465 e. The molecule has 0 saturated heterocycles. The summed E-state index contributed by atoms with van der Waals surface area (Å²) >= 11 is 0. The number of carbonyl (C=O) groups is 2. The molecule has 5 nitrogen and oxygen atoms in total. The van der Waals surface area contributed by atoms with Gasteiger partial charge in [0.1, 0.15) is 5.69 Å². The Morgan fingerprint density at radius 3 is 2.50 bits per heavy atom. The van der Waals surface area contributed by atoms with E-state index in [9.17, 15) is 9.59 Å². The number of fused-ring (bicyclic) bond motifs is 1. The molecule has 0 spiro atoms. The predicted molar refractivity (Wildman–Crippen MR) is 90.7 cm³/mol. The van der Waals surface area contributed by atoms with Gasteiger partial charge >= 0.3 is 5.97 Å². The monoisotopic (exact) mass is 320 g/mol. The molecule has 120 valence electrons. The highest BCUT2D eigenvalue weighted by atomic mass is 16.5. The number of benzene rings is 2. The van der Waals surface area contributed by atoms with Crippen molar-refractivity contribution in [3.05, 3.63) is 77.5 Å². The first-order chi connectivity index (χ1) is 11.7. The molecule has 0 fully saturated rings. The summed E-state index contributed by atoms with van der Waals surface area (Å²) in [6, 6.07) is 18.1. The van der Waals surface area contributed by atoms with Gasteiger partial charge in [0, 0.05) is 11.9 Å². The number of aromatic nitrogens is 1. The lowest BCUT2D eigenvalue weighted by Crippen LogP contribution is -2.23. The zero-order valence-electron chi connectivity index (χ0n) is 13.2. The number of hydrogen-bond donors (Lipinski definition) is 1. The van der Waals surface area contributed by atoms with Crippen molar-refractivity contribution in [3.8, 4) is 0 Å². The van der Waals surface area contributed by atoms with Crippen molar-refractivity contribution >= 4 is 22.8 Å². The number of hydrogen-bond acceptors (Lipinski definition) is 4. The van der Waals surface area contributed by atoms with E-state index >= 15 is 0 Å². The number of amides is 1. The van der Waals surface area contributed by atoms with Gasteiger partial charge in [0.25, 0.3) is 5.91 Å². The fourth-order valence-corrected chi connectivity index (χ4v) is 2.34. The second-order valence-corrected chi connectivity index (χ2v) is 5.26. The Morgan fingerprint density at radius 2 is 1.75 bits per heavy atom. The van der Waals surface area contributed by atoms with Crippen LogP contribution in [-0.2, 0) is 11.3 Å². The number of methoxy groups -OCH3 is 1. The van der Waals surface area contributed by atoms with E-state index in [1.807, 2.05) is 30.3 Å². The highest BCUT2D eigenvalue weighted by molar-refractivity contribution is 5.94. The Balaban J connectivity index is 1.67. The smallest absolute Gasteiger partial charge is 0.337 e. The summed E-state index contributed by atoms with van der Waals surface area (Å²) in [6.07, 6.45) is 0. The summed E-state index contributed by atoms with van der Waals surface area (Å²) in [6.45, 7) is 0.356. The Labute approximate surface area is 139 Å². The Kier molecular flexibility index (Phi) is 4.52. The molecule has 3 aromatic rings. The molecule has 0 radical (unpaired) electrons. The molecule has 2 aromatic carbocycles. The van der Waals surface area contributed by atoms with E-state index in [0.29, 0.717) is 17.8 Å². The fourth-order valence-electron chi connectivity index (χ4n) is 2.34. The molecule has 5 heteroatoms. The predicted octanol–water partition coefficient (Wildman–Crippen LogP) is 2.95. The summed E-state index contributed by atoms with van der Waals surface area (Å²) in [7, 11) is 1.34. The highest BCUT2D eigenvalue weighted by Crippen LogP contribution is 2.12. The minimum absolute atomic E-state index is 0.238. The summed E-state index contributed by atoms with van der Waals surface area (Å²) in [4.78, 5) is 28.0. The van der Waals surface area contributed by atoms with Crippen LogP contribution in [0.3, 0.4) is 0 Å². The molecule has 3 rings (SSSR count). The van der Waals surface area contributed by atoms with Crippen LogP contribution >= 0.6 is 0 Å². The molecule has 1 heterocycles. The number of nitrogens with one attached hydrogen (secondary N) is 1. The molecule has 24 heavy (non-hydrogen) atoms. The van der Waals surface area contributed by atoms with E-state index in [0.717, 1.165) is 16.5 Å². The van der Waals surface area contributed by atoms with Crippen molar-refractivity contribution in [1.82, 2.24) is 10.3 Å². The lowest BCUT2D eigenvalue weighted by molar-refractivity contribution is 0.0600. The average molecular weight is 320 g/mol. The minimum atomic E-state index is -0.383. The standard InChI is InChI=1S/C19H16N2O3/c1-24-19(23)15-8-6-13(7-9-15)12-20-18(22)17-11-10-14-4-2-3-5-16(14)21-17/h2-11H,12H2,1H3,(H,20,22). The largest absolute Gasteiger partial charge is 0.465 e. The molecule has 0 bridgehead atoms. The van der Waals surface area contributed by atoms with Crippen LogP contribution in [-0.4, -0.2) is 24.0 Å². The topological polar surface area (TPSA) is 68.3 Å². The van der Waals surface area contributed by atoms with Crippen LogP contribution in [0.15, 0.2) is 60.7 Å². The average Bonchev–Trinajstić information content (AvgIpc) is 2.65. The lowest BCUT2D eigenvalue weighted by Gasteiger charge is -2.06. The third-order valence-corrected chi connectivity index (χ3v) is 3.66. The quantitative estimate of drug-likeness (QED) is 0.751. The summed E-state index contributed by atoms with van der Waals surface area (Å²) in [5, 5.41) is 3.82. The van der Waals surface area contributed by atoms with Crippen LogP contribution in [0.1, 0.15) is 26.4 Å². The SMILES string of the molecule is COC(=O)c1ccc(CNC(=O)c2ccc3ccccc3n2)cc1. The third-order valence-electron chi connectivity index (χ3n) is 3.66. The van der Waals surface area contributed by atoms with Crippen molar-refractivity contribution in [2.75, 3.05) is 7.11 Å². The van der Waals surface area contributed by atoms with Gasteiger partial charge in [-0.3, -0.25) is 4.79 Å². The number of pyridine rings is 1. The molecular formula is C19H16N2O3. The zero-order valence-corrected chi connectivity index (χ0v) is 13.2. The van der Waals surface area contributed by atoms with Crippen LogP contribution in [0.5, 0.6) is 0 Å². The van der Waals surface area contributed by atoms with Crippen LogP contribution in [0.2, 0.25) is 0 Å². The molecule has 0 saturated carbocycles. The van der Waals surface area contributed by atoms with E-state index in [-0.39, 0.29) is 11.9 Å². The van der Waals surface area contributed by atoms with Gasteiger partial charge in [-0.1, -0.05) is 36.4 Å². The van der Waals surface area contributed by atoms with Crippen LogP contribution in [0.25, 0.3) is 10.9 Å².